The molecule has 3 aromatic carbocycles. The van der Waals surface area contributed by atoms with E-state index in [1.807, 2.05) is 59.3 Å². The number of pyridine rings is 2. The summed E-state index contributed by atoms with van der Waals surface area (Å²) in [6, 6.07) is 32.5. The second-order valence-corrected chi connectivity index (χ2v) is 12.9. The molecular weight excluding hydrogens is 596 g/mol. The molecule has 0 atom stereocenters. The summed E-state index contributed by atoms with van der Waals surface area (Å²) in [6.45, 7) is 10.3. The molecule has 7 nitrogen and oxygen atoms in total. The van der Waals surface area contributed by atoms with Crippen LogP contribution in [-0.2, 0) is 24.4 Å². The summed E-state index contributed by atoms with van der Waals surface area (Å²) in [5.74, 6) is 0.805. The third-order valence-corrected chi connectivity index (χ3v) is 9.42. The number of hydrogen-bond acceptors (Lipinski definition) is 6. The summed E-state index contributed by atoms with van der Waals surface area (Å²) in [6.07, 6.45) is 8.19. The van der Waals surface area contributed by atoms with Crippen LogP contribution in [0.25, 0.3) is 10.9 Å². The van der Waals surface area contributed by atoms with Gasteiger partial charge in [0.2, 0.25) is 0 Å². The standard InChI is InChI=1S/C41H48N4O3/c1-33-10-5-6-14-37(33)31-44(26-25-43-23-19-38(20-24-43)48-32-35-13-9-21-42-29-35)22-7-8-27-47-39-17-15-36-16-18-41(46)45(40(36)28-39)30-34-11-3-2-4-12-34/h2-6,9-18,21,28-29,38H,7-8,19-20,22-27,30-32H2,1H3. The fourth-order valence-corrected chi connectivity index (χ4v) is 6.49. The lowest BCUT2D eigenvalue weighted by atomic mass is 10.1. The number of piperidine rings is 1. The molecule has 0 radical (unpaired) electrons. The minimum atomic E-state index is -0.00391. The SMILES string of the molecule is Cc1ccccc1CN(CCCCOc1ccc2ccc(=O)n(Cc3ccccc3)c2c1)CCN1CCC(OCc2cccnc2)CC1. The number of ether oxygens (including phenoxy) is 2. The Bertz CT molecular complexity index is 1770. The highest BCUT2D eigenvalue weighted by Gasteiger charge is 2.20. The number of fused-ring (bicyclic) bond motifs is 1. The number of unbranched alkanes of at least 4 members (excludes halogenated alkanes) is 1. The van der Waals surface area contributed by atoms with E-state index >= 15 is 0 Å². The van der Waals surface area contributed by atoms with Gasteiger partial charge >= 0.3 is 0 Å². The van der Waals surface area contributed by atoms with Gasteiger partial charge < -0.3 is 18.9 Å². The van der Waals surface area contributed by atoms with Gasteiger partial charge in [-0.25, -0.2) is 0 Å². The van der Waals surface area contributed by atoms with Crippen LogP contribution in [0.4, 0.5) is 0 Å². The van der Waals surface area contributed by atoms with E-state index in [0.717, 1.165) is 92.7 Å². The van der Waals surface area contributed by atoms with Crippen molar-refractivity contribution in [1.82, 2.24) is 19.4 Å². The maximum atomic E-state index is 12.8. The summed E-state index contributed by atoms with van der Waals surface area (Å²) >= 11 is 0. The van der Waals surface area contributed by atoms with Crippen molar-refractivity contribution in [3.05, 3.63) is 142 Å². The predicted octanol–water partition coefficient (Wildman–Crippen LogP) is 7.10. The van der Waals surface area contributed by atoms with Crippen LogP contribution >= 0.6 is 0 Å². The normalized spacial score (nSPS) is 14.1. The van der Waals surface area contributed by atoms with E-state index in [1.54, 1.807) is 12.3 Å². The third-order valence-electron chi connectivity index (χ3n) is 9.42. The van der Waals surface area contributed by atoms with Crippen molar-refractivity contribution in [2.45, 2.75) is 58.4 Å². The number of aryl methyl sites for hydroxylation is 1. The van der Waals surface area contributed by atoms with E-state index in [1.165, 1.54) is 11.1 Å². The number of hydrogen-bond donors (Lipinski definition) is 0. The lowest BCUT2D eigenvalue weighted by molar-refractivity contribution is -0.00404. The Morgan fingerprint density at radius 3 is 2.46 bits per heavy atom. The zero-order chi connectivity index (χ0) is 33.0. The average molecular weight is 645 g/mol. The lowest BCUT2D eigenvalue weighted by Gasteiger charge is -2.33. The molecule has 3 heterocycles. The summed E-state index contributed by atoms with van der Waals surface area (Å²) in [7, 11) is 0. The van der Waals surface area contributed by atoms with Crippen molar-refractivity contribution >= 4 is 10.9 Å². The van der Waals surface area contributed by atoms with E-state index in [4.69, 9.17) is 9.47 Å². The minimum Gasteiger partial charge on any atom is -0.494 e. The largest absolute Gasteiger partial charge is 0.494 e. The summed E-state index contributed by atoms with van der Waals surface area (Å²) in [5, 5.41) is 1.03. The first-order chi connectivity index (χ1) is 23.6. The van der Waals surface area contributed by atoms with Crippen LogP contribution in [0.15, 0.2) is 114 Å². The van der Waals surface area contributed by atoms with Gasteiger partial charge in [-0.15, -0.1) is 0 Å². The van der Waals surface area contributed by atoms with E-state index in [0.29, 0.717) is 25.9 Å². The van der Waals surface area contributed by atoms with E-state index < -0.39 is 0 Å². The summed E-state index contributed by atoms with van der Waals surface area (Å²) in [5.41, 5.74) is 5.88. The van der Waals surface area contributed by atoms with Gasteiger partial charge in [-0.05, 0) is 91.1 Å². The maximum Gasteiger partial charge on any atom is 0.251 e. The fraction of sp³-hybridized carbons (Fsp3) is 0.366. The van der Waals surface area contributed by atoms with Crippen LogP contribution in [0, 0.1) is 6.92 Å². The van der Waals surface area contributed by atoms with E-state index in [2.05, 4.69) is 64.2 Å². The molecule has 5 aromatic rings. The lowest BCUT2D eigenvalue weighted by Crippen LogP contribution is -2.41. The zero-order valence-electron chi connectivity index (χ0n) is 28.2. The molecule has 1 fully saturated rings. The number of likely N-dealkylation sites (tertiary alicyclic amines) is 1. The van der Waals surface area contributed by atoms with E-state index in [-0.39, 0.29) is 5.56 Å². The molecule has 0 aliphatic carbocycles. The molecule has 250 valence electrons. The molecule has 1 aliphatic rings. The predicted molar refractivity (Wildman–Crippen MR) is 193 cm³/mol. The Labute approximate surface area is 284 Å². The van der Waals surface area contributed by atoms with Crippen LogP contribution in [0.1, 0.15) is 47.9 Å². The third kappa shape index (κ3) is 9.63. The summed E-state index contributed by atoms with van der Waals surface area (Å²) in [4.78, 5) is 22.2. The van der Waals surface area contributed by atoms with Gasteiger partial charge in [0.1, 0.15) is 5.75 Å². The Hall–Kier alpha value is -4.30. The molecule has 0 N–H and O–H groups in total. The average Bonchev–Trinajstić information content (AvgIpc) is 3.13. The molecule has 0 bridgehead atoms. The highest BCUT2D eigenvalue weighted by molar-refractivity contribution is 5.80. The first-order valence-electron chi connectivity index (χ1n) is 17.4. The molecule has 0 saturated carbocycles. The van der Waals surface area contributed by atoms with Crippen molar-refractivity contribution in [3.63, 3.8) is 0 Å². The molecule has 2 aromatic heterocycles. The first-order valence-corrected chi connectivity index (χ1v) is 17.4. The quantitative estimate of drug-likeness (QED) is 0.107. The highest BCUT2D eigenvalue weighted by atomic mass is 16.5. The second kappa shape index (κ2) is 17.2. The fourth-order valence-electron chi connectivity index (χ4n) is 6.49. The van der Waals surface area contributed by atoms with Crippen molar-refractivity contribution in [1.29, 1.82) is 0 Å². The molecular formula is C41H48N4O3. The number of aromatic nitrogens is 2. The second-order valence-electron chi connectivity index (χ2n) is 12.9. The smallest absolute Gasteiger partial charge is 0.251 e. The minimum absolute atomic E-state index is 0.00391. The van der Waals surface area contributed by atoms with Crippen LogP contribution < -0.4 is 10.3 Å². The monoisotopic (exact) mass is 644 g/mol. The molecule has 0 spiro atoms. The van der Waals surface area contributed by atoms with Gasteiger partial charge in [-0.1, -0.05) is 60.7 Å². The molecule has 0 amide bonds. The topological polar surface area (TPSA) is 59.8 Å². The van der Waals surface area contributed by atoms with Gasteiger partial charge in [-0.2, -0.15) is 0 Å². The van der Waals surface area contributed by atoms with Crippen LogP contribution in [0.5, 0.6) is 5.75 Å². The molecule has 6 rings (SSSR count). The molecule has 48 heavy (non-hydrogen) atoms. The van der Waals surface area contributed by atoms with Crippen molar-refractivity contribution in [2.24, 2.45) is 0 Å². The molecule has 0 unspecified atom stereocenters. The van der Waals surface area contributed by atoms with Crippen LogP contribution in [-0.4, -0.2) is 64.8 Å². The number of nitrogens with zero attached hydrogens (tertiary/aromatic N) is 4. The Morgan fingerprint density at radius 1 is 0.854 bits per heavy atom. The van der Waals surface area contributed by atoms with Gasteiger partial charge in [-0.3, -0.25) is 14.7 Å². The van der Waals surface area contributed by atoms with Gasteiger partial charge in [0.05, 0.1) is 31.4 Å². The first kappa shape index (κ1) is 33.6. The Kier molecular flexibility index (Phi) is 12.0. The van der Waals surface area contributed by atoms with Crippen molar-refractivity contribution in [3.8, 4) is 5.75 Å². The summed E-state index contributed by atoms with van der Waals surface area (Å²) < 4.78 is 14.3. The Morgan fingerprint density at radius 2 is 1.65 bits per heavy atom. The zero-order valence-corrected chi connectivity index (χ0v) is 28.2. The van der Waals surface area contributed by atoms with Gasteiger partial charge in [0, 0.05) is 57.3 Å². The molecule has 1 aliphatic heterocycles. The molecule has 7 heteroatoms. The van der Waals surface area contributed by atoms with Crippen LogP contribution in [0.3, 0.4) is 0 Å². The number of rotatable bonds is 16. The Balaban J connectivity index is 0.988. The molecule has 1 saturated heterocycles. The van der Waals surface area contributed by atoms with E-state index in [9.17, 15) is 4.79 Å². The van der Waals surface area contributed by atoms with Crippen LogP contribution in [0.2, 0.25) is 0 Å². The van der Waals surface area contributed by atoms with Gasteiger partial charge in [0.25, 0.3) is 5.56 Å². The highest BCUT2D eigenvalue weighted by Crippen LogP contribution is 2.21. The maximum absolute atomic E-state index is 12.8. The van der Waals surface area contributed by atoms with Gasteiger partial charge in [0.15, 0.2) is 0 Å². The van der Waals surface area contributed by atoms with Crippen molar-refractivity contribution < 1.29 is 9.47 Å². The van der Waals surface area contributed by atoms with Crippen molar-refractivity contribution in [2.75, 3.05) is 39.3 Å². The number of benzene rings is 3.